The Morgan fingerprint density at radius 3 is 3.00 bits per heavy atom. The van der Waals surface area contributed by atoms with Crippen LogP contribution in [0.5, 0.6) is 0 Å². The van der Waals surface area contributed by atoms with Gasteiger partial charge in [-0.2, -0.15) is 10.2 Å². The number of H-pyrrole nitrogens is 1. The molecule has 1 aliphatic rings. The first-order valence-corrected chi connectivity index (χ1v) is 7.11. The Bertz CT molecular complexity index is 608. The lowest BCUT2D eigenvalue weighted by Crippen LogP contribution is -2.20. The van der Waals surface area contributed by atoms with Crippen molar-refractivity contribution in [2.45, 2.75) is 32.6 Å². The van der Waals surface area contributed by atoms with Crippen molar-refractivity contribution in [3.8, 4) is 0 Å². The highest BCUT2D eigenvalue weighted by Gasteiger charge is 2.21. The van der Waals surface area contributed by atoms with Gasteiger partial charge in [-0.25, -0.2) is 5.43 Å². The molecule has 1 aliphatic carbocycles. The lowest BCUT2D eigenvalue weighted by atomic mass is 9.96. The molecule has 1 aromatic heterocycles. The van der Waals surface area contributed by atoms with Gasteiger partial charge in [-0.05, 0) is 38.2 Å². The summed E-state index contributed by atoms with van der Waals surface area (Å²) in [7, 11) is 0. The number of hydrogen-bond acceptors (Lipinski definition) is 3. The van der Waals surface area contributed by atoms with Crippen molar-refractivity contribution in [3.63, 3.8) is 0 Å². The minimum atomic E-state index is -0.270. The molecule has 5 nitrogen and oxygen atoms in total. The number of aromatic amines is 1. The molecule has 1 heterocycles. The normalized spacial score (nSPS) is 15.4. The lowest BCUT2D eigenvalue weighted by molar-refractivity contribution is 0.0949. The van der Waals surface area contributed by atoms with Crippen molar-refractivity contribution in [1.29, 1.82) is 0 Å². The van der Waals surface area contributed by atoms with E-state index in [4.69, 9.17) is 0 Å². The number of aromatic nitrogens is 2. The first kappa shape index (κ1) is 15.0. The summed E-state index contributed by atoms with van der Waals surface area (Å²) >= 11 is 0. The summed E-state index contributed by atoms with van der Waals surface area (Å²) in [4.78, 5) is 12.1. The van der Waals surface area contributed by atoms with E-state index in [0.29, 0.717) is 5.69 Å². The summed E-state index contributed by atoms with van der Waals surface area (Å²) in [6.45, 7) is 5.51. The van der Waals surface area contributed by atoms with Gasteiger partial charge in [0.2, 0.25) is 0 Å². The molecule has 0 aromatic carbocycles. The maximum Gasteiger partial charge on any atom is 0.292 e. The second-order valence-corrected chi connectivity index (χ2v) is 4.82. The average molecular weight is 284 g/mol. The van der Waals surface area contributed by atoms with Crippen molar-refractivity contribution in [3.05, 3.63) is 53.4 Å². The maximum atomic E-state index is 12.1. The number of fused-ring (bicyclic) bond motifs is 1. The van der Waals surface area contributed by atoms with E-state index in [-0.39, 0.29) is 5.91 Å². The number of hydrogen-bond donors (Lipinski definition) is 2. The number of allylic oxidation sites excluding steroid dienone is 5. The second kappa shape index (κ2) is 7.38. The molecule has 0 spiro atoms. The van der Waals surface area contributed by atoms with Crippen molar-refractivity contribution < 1.29 is 4.79 Å². The predicted molar refractivity (Wildman–Crippen MR) is 84.3 cm³/mol. The van der Waals surface area contributed by atoms with Gasteiger partial charge in [0.05, 0.1) is 6.21 Å². The molecule has 0 radical (unpaired) electrons. The number of amides is 1. The van der Waals surface area contributed by atoms with Crippen molar-refractivity contribution >= 4 is 12.1 Å². The highest BCUT2D eigenvalue weighted by molar-refractivity contribution is 5.94. The number of hydrazone groups is 1. The van der Waals surface area contributed by atoms with Crippen LogP contribution in [-0.2, 0) is 12.8 Å². The van der Waals surface area contributed by atoms with Crippen LogP contribution in [0.15, 0.2) is 41.6 Å². The number of nitrogens with one attached hydrogen (secondary N) is 2. The third-order valence-corrected chi connectivity index (χ3v) is 3.41. The molecule has 21 heavy (non-hydrogen) atoms. The van der Waals surface area contributed by atoms with Gasteiger partial charge < -0.3 is 0 Å². The Balaban J connectivity index is 2.00. The third kappa shape index (κ3) is 3.78. The number of rotatable bonds is 5. The third-order valence-electron chi connectivity index (χ3n) is 3.41. The SMILES string of the molecule is C=C\C=C/C(/C=N/NC(=O)c1n[nH]c2c1CCCC2)=C\C. The molecular weight excluding hydrogens is 264 g/mol. The Kier molecular flexibility index (Phi) is 5.26. The van der Waals surface area contributed by atoms with E-state index < -0.39 is 0 Å². The number of nitrogens with zero attached hydrogens (tertiary/aromatic N) is 2. The highest BCUT2D eigenvalue weighted by Crippen LogP contribution is 2.21. The largest absolute Gasteiger partial charge is 0.292 e. The zero-order chi connectivity index (χ0) is 15.1. The summed E-state index contributed by atoms with van der Waals surface area (Å²) in [5.74, 6) is -0.270. The average Bonchev–Trinajstić information content (AvgIpc) is 2.94. The molecule has 110 valence electrons. The van der Waals surface area contributed by atoms with Crippen LogP contribution in [0.2, 0.25) is 0 Å². The van der Waals surface area contributed by atoms with Crippen LogP contribution in [-0.4, -0.2) is 22.3 Å². The summed E-state index contributed by atoms with van der Waals surface area (Å²) < 4.78 is 0. The van der Waals surface area contributed by atoms with Gasteiger partial charge in [-0.15, -0.1) is 0 Å². The summed E-state index contributed by atoms with van der Waals surface area (Å²) in [5, 5.41) is 11.0. The minimum absolute atomic E-state index is 0.270. The Labute approximate surface area is 124 Å². The van der Waals surface area contributed by atoms with Crippen LogP contribution < -0.4 is 5.43 Å². The van der Waals surface area contributed by atoms with E-state index in [1.54, 1.807) is 12.3 Å². The molecule has 2 rings (SSSR count). The Morgan fingerprint density at radius 2 is 2.24 bits per heavy atom. The van der Waals surface area contributed by atoms with Crippen LogP contribution in [0, 0.1) is 0 Å². The zero-order valence-electron chi connectivity index (χ0n) is 12.2. The van der Waals surface area contributed by atoms with Gasteiger partial charge in [0, 0.05) is 11.3 Å². The molecule has 0 aliphatic heterocycles. The number of aryl methyl sites for hydroxylation is 1. The van der Waals surface area contributed by atoms with Crippen LogP contribution >= 0.6 is 0 Å². The van der Waals surface area contributed by atoms with Gasteiger partial charge in [-0.1, -0.05) is 30.9 Å². The molecule has 0 fully saturated rings. The standard InChI is InChI=1S/C16H20N4O/c1-3-5-8-12(4-2)11-17-20-16(21)15-13-9-6-7-10-14(13)18-19-15/h3-5,8,11H,1,6-7,9-10H2,2H3,(H,18,19)(H,20,21)/b8-5-,12-4+,17-11+. The molecule has 2 N–H and O–H groups in total. The molecule has 1 aromatic rings. The molecule has 1 amide bonds. The van der Waals surface area contributed by atoms with Crippen LogP contribution in [0.3, 0.4) is 0 Å². The smallest absolute Gasteiger partial charge is 0.281 e. The molecule has 0 unspecified atom stereocenters. The molecule has 5 heteroatoms. The predicted octanol–water partition coefficient (Wildman–Crippen LogP) is 2.69. The van der Waals surface area contributed by atoms with E-state index in [9.17, 15) is 4.79 Å². The molecule has 0 bridgehead atoms. The van der Waals surface area contributed by atoms with E-state index in [2.05, 4.69) is 27.3 Å². The van der Waals surface area contributed by atoms with Gasteiger partial charge in [-0.3, -0.25) is 9.89 Å². The van der Waals surface area contributed by atoms with E-state index in [1.165, 1.54) is 0 Å². The maximum absolute atomic E-state index is 12.1. The van der Waals surface area contributed by atoms with E-state index in [0.717, 1.165) is 42.5 Å². The second-order valence-electron chi connectivity index (χ2n) is 4.82. The molecule has 0 saturated heterocycles. The topological polar surface area (TPSA) is 70.1 Å². The fourth-order valence-electron chi connectivity index (χ4n) is 2.28. The molecular formula is C16H20N4O. The lowest BCUT2D eigenvalue weighted by Gasteiger charge is -2.10. The fourth-order valence-corrected chi connectivity index (χ4v) is 2.28. The van der Waals surface area contributed by atoms with Crippen LogP contribution in [0.25, 0.3) is 0 Å². The quantitative estimate of drug-likeness (QED) is 0.496. The van der Waals surface area contributed by atoms with Crippen molar-refractivity contribution in [2.75, 3.05) is 0 Å². The first-order valence-electron chi connectivity index (χ1n) is 7.11. The van der Waals surface area contributed by atoms with Crippen LogP contribution in [0.1, 0.15) is 41.5 Å². The van der Waals surface area contributed by atoms with Gasteiger partial charge in [0.25, 0.3) is 5.91 Å². The minimum Gasteiger partial charge on any atom is -0.281 e. The fraction of sp³-hybridized carbons (Fsp3) is 0.312. The van der Waals surface area contributed by atoms with Gasteiger partial charge in [0.15, 0.2) is 5.69 Å². The summed E-state index contributed by atoms with van der Waals surface area (Å²) in [6, 6.07) is 0. The van der Waals surface area contributed by atoms with Crippen molar-refractivity contribution in [1.82, 2.24) is 15.6 Å². The number of carbonyl (C=O) groups excluding carboxylic acids is 1. The van der Waals surface area contributed by atoms with Crippen molar-refractivity contribution in [2.24, 2.45) is 5.10 Å². The van der Waals surface area contributed by atoms with E-state index >= 15 is 0 Å². The monoisotopic (exact) mass is 284 g/mol. The van der Waals surface area contributed by atoms with Crippen LogP contribution in [0.4, 0.5) is 0 Å². The zero-order valence-corrected chi connectivity index (χ0v) is 12.2. The Hall–Kier alpha value is -2.43. The highest BCUT2D eigenvalue weighted by atomic mass is 16.2. The van der Waals surface area contributed by atoms with Gasteiger partial charge >= 0.3 is 0 Å². The van der Waals surface area contributed by atoms with Gasteiger partial charge in [0.1, 0.15) is 0 Å². The summed E-state index contributed by atoms with van der Waals surface area (Å²) in [6.07, 6.45) is 13.0. The molecule has 0 atom stereocenters. The summed E-state index contributed by atoms with van der Waals surface area (Å²) in [5.41, 5.74) is 5.99. The van der Waals surface area contributed by atoms with E-state index in [1.807, 2.05) is 25.2 Å². The number of carbonyl (C=O) groups is 1. The molecule has 0 saturated carbocycles. The Morgan fingerprint density at radius 1 is 1.43 bits per heavy atom. The first-order chi connectivity index (χ1) is 10.3.